The van der Waals surface area contributed by atoms with Gasteiger partial charge in [0.25, 0.3) is 0 Å². The predicted octanol–water partition coefficient (Wildman–Crippen LogP) is -1.56. The molecule has 1 rings (SSSR count). The maximum Gasteiger partial charge on any atom is 1.00 e. The van der Waals surface area contributed by atoms with E-state index in [4.69, 9.17) is 0 Å². The van der Waals surface area contributed by atoms with Crippen LogP contribution in [0.1, 0.15) is 13.8 Å². The normalized spacial score (nSPS) is 10.7. The van der Waals surface area contributed by atoms with Gasteiger partial charge in [0.15, 0.2) is 0 Å². The van der Waals surface area contributed by atoms with E-state index in [1.807, 2.05) is 13.8 Å². The van der Waals surface area contributed by atoms with Crippen LogP contribution in [0.5, 0.6) is 0 Å². The first kappa shape index (κ1) is 15.9. The Balaban J connectivity index is 0.00000225. The van der Waals surface area contributed by atoms with Crippen molar-refractivity contribution >= 4 is 15.8 Å². The van der Waals surface area contributed by atoms with Crippen molar-refractivity contribution in [3.05, 3.63) is 24.3 Å². The summed E-state index contributed by atoms with van der Waals surface area (Å²) in [7, 11) is -4.33. The van der Waals surface area contributed by atoms with Crippen molar-refractivity contribution in [2.45, 2.75) is 18.7 Å². The molecule has 0 aliphatic heterocycles. The standard InChI is InChI=1S/C10H15NO3S.Na/c1-3-11(4-2)9-5-7-10(8-6-9)15(12,13)14;/h5-8H,3-4H2,1-2H3,(H,12,13,14);/q;+1/p-1. The predicted molar refractivity (Wildman–Crippen MR) is 58.0 cm³/mol. The summed E-state index contributed by atoms with van der Waals surface area (Å²) in [5.74, 6) is 0. The third-order valence-corrected chi connectivity index (χ3v) is 3.10. The molecule has 0 N–H and O–H groups in total. The van der Waals surface area contributed by atoms with Gasteiger partial charge < -0.3 is 9.45 Å². The zero-order chi connectivity index (χ0) is 11.5. The average Bonchev–Trinajstić information content (AvgIpc) is 2.19. The molecule has 0 radical (unpaired) electrons. The molecule has 0 aliphatic carbocycles. The van der Waals surface area contributed by atoms with Gasteiger partial charge in [-0.1, -0.05) is 0 Å². The Kier molecular flexibility index (Phi) is 6.58. The summed E-state index contributed by atoms with van der Waals surface area (Å²) in [6, 6.07) is 5.99. The van der Waals surface area contributed by atoms with Crippen molar-refractivity contribution in [2.75, 3.05) is 18.0 Å². The van der Waals surface area contributed by atoms with Gasteiger partial charge in [0.1, 0.15) is 10.1 Å². The molecular formula is C10H14NNaO3S. The van der Waals surface area contributed by atoms with Gasteiger partial charge in [-0.2, -0.15) is 0 Å². The van der Waals surface area contributed by atoms with Crippen molar-refractivity contribution in [1.82, 2.24) is 0 Å². The zero-order valence-electron chi connectivity index (χ0n) is 9.80. The van der Waals surface area contributed by atoms with E-state index in [0.717, 1.165) is 18.8 Å². The van der Waals surface area contributed by atoms with Crippen LogP contribution in [0.25, 0.3) is 0 Å². The van der Waals surface area contributed by atoms with Crippen LogP contribution >= 0.6 is 0 Å². The summed E-state index contributed by atoms with van der Waals surface area (Å²) in [6.45, 7) is 5.73. The average molecular weight is 251 g/mol. The maximum atomic E-state index is 10.7. The third kappa shape index (κ3) is 4.07. The van der Waals surface area contributed by atoms with Crippen LogP contribution in [0, 0.1) is 0 Å². The van der Waals surface area contributed by atoms with E-state index in [9.17, 15) is 13.0 Å². The van der Waals surface area contributed by atoms with Crippen molar-refractivity contribution in [3.63, 3.8) is 0 Å². The van der Waals surface area contributed by atoms with Crippen molar-refractivity contribution in [2.24, 2.45) is 0 Å². The molecule has 0 aliphatic rings. The van der Waals surface area contributed by atoms with E-state index in [1.54, 1.807) is 12.1 Å². The molecule has 0 atom stereocenters. The van der Waals surface area contributed by atoms with Gasteiger partial charge in [-0.3, -0.25) is 0 Å². The Bertz CT molecular complexity index is 412. The minimum atomic E-state index is -4.33. The molecule has 0 amide bonds. The van der Waals surface area contributed by atoms with E-state index >= 15 is 0 Å². The van der Waals surface area contributed by atoms with Crippen molar-refractivity contribution in [1.29, 1.82) is 0 Å². The van der Waals surface area contributed by atoms with Crippen molar-refractivity contribution in [3.8, 4) is 0 Å². The Morgan fingerprint density at radius 3 is 1.88 bits per heavy atom. The Morgan fingerprint density at radius 2 is 1.56 bits per heavy atom. The van der Waals surface area contributed by atoms with Crippen LogP contribution < -0.4 is 34.5 Å². The molecule has 84 valence electrons. The van der Waals surface area contributed by atoms with Gasteiger partial charge in [-0.25, -0.2) is 8.42 Å². The minimum absolute atomic E-state index is 0. The van der Waals surface area contributed by atoms with Gasteiger partial charge in [0.05, 0.1) is 4.90 Å². The molecule has 0 unspecified atom stereocenters. The largest absolute Gasteiger partial charge is 1.00 e. The first-order valence-electron chi connectivity index (χ1n) is 4.80. The van der Waals surface area contributed by atoms with Crippen molar-refractivity contribution < 1.29 is 42.5 Å². The van der Waals surface area contributed by atoms with Crippen LogP contribution in [0.3, 0.4) is 0 Å². The number of hydrogen-bond donors (Lipinski definition) is 0. The Morgan fingerprint density at radius 1 is 1.12 bits per heavy atom. The number of rotatable bonds is 4. The third-order valence-electron chi connectivity index (χ3n) is 2.25. The SMILES string of the molecule is CCN(CC)c1ccc(S(=O)(=O)[O-])cc1.[Na+]. The Labute approximate surface area is 119 Å². The molecule has 6 heteroatoms. The fraction of sp³-hybridized carbons (Fsp3) is 0.400. The van der Waals surface area contributed by atoms with E-state index in [-0.39, 0.29) is 34.5 Å². The number of benzene rings is 1. The topological polar surface area (TPSA) is 60.4 Å². The molecule has 0 heterocycles. The monoisotopic (exact) mass is 251 g/mol. The Hall–Kier alpha value is -0.0700. The number of nitrogens with zero attached hydrogens (tertiary/aromatic N) is 1. The first-order valence-corrected chi connectivity index (χ1v) is 6.20. The van der Waals surface area contributed by atoms with E-state index in [1.165, 1.54) is 12.1 Å². The summed E-state index contributed by atoms with van der Waals surface area (Å²) in [5.41, 5.74) is 0.924. The second-order valence-corrected chi connectivity index (χ2v) is 4.50. The molecule has 1 aromatic rings. The van der Waals surface area contributed by atoms with E-state index in [0.29, 0.717) is 0 Å². The smallest absolute Gasteiger partial charge is 0.744 e. The first-order chi connectivity index (χ1) is 6.99. The summed E-state index contributed by atoms with van der Waals surface area (Å²) in [6.07, 6.45) is 0. The molecular weight excluding hydrogens is 237 g/mol. The van der Waals surface area contributed by atoms with Gasteiger partial charge in [-0.15, -0.1) is 0 Å². The van der Waals surface area contributed by atoms with Crippen LogP contribution in [0.2, 0.25) is 0 Å². The molecule has 0 spiro atoms. The summed E-state index contributed by atoms with van der Waals surface area (Å²) in [5, 5.41) is 0. The summed E-state index contributed by atoms with van der Waals surface area (Å²) in [4.78, 5) is 1.89. The molecule has 0 aromatic heterocycles. The minimum Gasteiger partial charge on any atom is -0.744 e. The second kappa shape index (κ2) is 6.61. The number of anilines is 1. The molecule has 0 bridgehead atoms. The molecule has 16 heavy (non-hydrogen) atoms. The second-order valence-electron chi connectivity index (χ2n) is 3.12. The summed E-state index contributed by atoms with van der Waals surface area (Å²) >= 11 is 0. The molecule has 0 saturated heterocycles. The van der Waals surface area contributed by atoms with Crippen LogP contribution in [-0.2, 0) is 10.1 Å². The molecule has 1 aromatic carbocycles. The van der Waals surface area contributed by atoms with Crippen LogP contribution in [-0.4, -0.2) is 26.1 Å². The fourth-order valence-corrected chi connectivity index (χ4v) is 1.88. The zero-order valence-corrected chi connectivity index (χ0v) is 12.6. The van der Waals surface area contributed by atoms with E-state index in [2.05, 4.69) is 4.90 Å². The number of hydrogen-bond acceptors (Lipinski definition) is 4. The quantitative estimate of drug-likeness (QED) is 0.480. The van der Waals surface area contributed by atoms with Gasteiger partial charge in [0, 0.05) is 18.8 Å². The van der Waals surface area contributed by atoms with Crippen LogP contribution in [0.4, 0.5) is 5.69 Å². The van der Waals surface area contributed by atoms with Crippen LogP contribution in [0.15, 0.2) is 29.2 Å². The molecule has 4 nitrogen and oxygen atoms in total. The van der Waals surface area contributed by atoms with Gasteiger partial charge >= 0.3 is 29.6 Å². The molecule has 0 fully saturated rings. The summed E-state index contributed by atoms with van der Waals surface area (Å²) < 4.78 is 32.1. The maximum absolute atomic E-state index is 10.7. The van der Waals surface area contributed by atoms with Gasteiger partial charge in [-0.05, 0) is 38.1 Å². The van der Waals surface area contributed by atoms with Gasteiger partial charge in [0.2, 0.25) is 0 Å². The van der Waals surface area contributed by atoms with E-state index < -0.39 is 10.1 Å². The molecule has 0 saturated carbocycles. The fourth-order valence-electron chi connectivity index (χ4n) is 1.41.